The summed E-state index contributed by atoms with van der Waals surface area (Å²) in [6.07, 6.45) is 0. The van der Waals surface area contributed by atoms with E-state index in [1.807, 2.05) is 0 Å². The Balaban J connectivity index is 2.56. The maximum atomic E-state index is 10.8. The standard InChI is InChI=1S/C8H11N3O3S2/c1-4-7(16-9-3-6(13)14)15-8(10-4)11-5(2)12/h9H,3H2,1-2H3,(H,13,14)(H,10,11,12). The van der Waals surface area contributed by atoms with Gasteiger partial charge in [-0.2, -0.15) is 0 Å². The number of aliphatic carboxylic acids is 1. The van der Waals surface area contributed by atoms with Crippen LogP contribution in [0.15, 0.2) is 4.21 Å². The molecule has 0 aliphatic heterocycles. The maximum absolute atomic E-state index is 10.8. The SMILES string of the molecule is CC(=O)Nc1nc(C)c(SNCC(=O)O)s1. The predicted octanol–water partition coefficient (Wildman–Crippen LogP) is 1.09. The van der Waals surface area contributed by atoms with E-state index in [2.05, 4.69) is 15.0 Å². The van der Waals surface area contributed by atoms with Crippen LogP contribution in [-0.2, 0) is 9.59 Å². The first-order chi connectivity index (χ1) is 7.49. The summed E-state index contributed by atoms with van der Waals surface area (Å²) in [6.45, 7) is 3.08. The molecule has 0 radical (unpaired) electrons. The van der Waals surface area contributed by atoms with Gasteiger partial charge in [0.1, 0.15) is 10.8 Å². The second-order valence-electron chi connectivity index (χ2n) is 2.89. The molecule has 1 rings (SSSR count). The molecule has 6 nitrogen and oxygen atoms in total. The summed E-state index contributed by atoms with van der Waals surface area (Å²) in [5.74, 6) is -1.10. The van der Waals surface area contributed by atoms with E-state index >= 15 is 0 Å². The number of amides is 1. The Morgan fingerprint density at radius 1 is 1.56 bits per heavy atom. The summed E-state index contributed by atoms with van der Waals surface area (Å²) in [6, 6.07) is 0. The second kappa shape index (κ2) is 5.83. The van der Waals surface area contributed by atoms with Gasteiger partial charge in [-0.3, -0.25) is 9.59 Å². The van der Waals surface area contributed by atoms with Crippen LogP contribution in [0.4, 0.5) is 5.13 Å². The van der Waals surface area contributed by atoms with Crippen molar-refractivity contribution < 1.29 is 14.7 Å². The number of thiazole rings is 1. The van der Waals surface area contributed by atoms with Gasteiger partial charge in [0, 0.05) is 6.92 Å². The highest BCUT2D eigenvalue weighted by Crippen LogP contribution is 2.30. The molecule has 0 saturated heterocycles. The van der Waals surface area contributed by atoms with Crippen molar-refractivity contribution in [3.63, 3.8) is 0 Å². The molecule has 8 heteroatoms. The van der Waals surface area contributed by atoms with E-state index in [1.165, 1.54) is 30.2 Å². The fourth-order valence-electron chi connectivity index (χ4n) is 0.845. The van der Waals surface area contributed by atoms with Gasteiger partial charge in [-0.05, 0) is 18.9 Å². The van der Waals surface area contributed by atoms with Crippen molar-refractivity contribution in [2.24, 2.45) is 0 Å². The number of carboxylic acids is 1. The number of rotatable bonds is 5. The first kappa shape index (κ1) is 12.9. The summed E-state index contributed by atoms with van der Waals surface area (Å²) >= 11 is 2.50. The zero-order valence-corrected chi connectivity index (χ0v) is 10.4. The quantitative estimate of drug-likeness (QED) is 0.687. The molecule has 0 fully saturated rings. The molecule has 0 aromatic carbocycles. The number of carbonyl (C=O) groups is 2. The van der Waals surface area contributed by atoms with Crippen molar-refractivity contribution in [2.75, 3.05) is 11.9 Å². The molecule has 0 spiro atoms. The molecular weight excluding hydrogens is 250 g/mol. The Morgan fingerprint density at radius 3 is 2.81 bits per heavy atom. The number of carbonyl (C=O) groups excluding carboxylic acids is 1. The maximum Gasteiger partial charge on any atom is 0.318 e. The summed E-state index contributed by atoms with van der Waals surface area (Å²) in [4.78, 5) is 25.2. The molecule has 1 heterocycles. The highest BCUT2D eigenvalue weighted by Gasteiger charge is 2.09. The van der Waals surface area contributed by atoms with E-state index in [0.29, 0.717) is 5.13 Å². The molecule has 0 aliphatic rings. The Labute approximate surface area is 101 Å². The molecule has 0 unspecified atom stereocenters. The van der Waals surface area contributed by atoms with Crippen LogP contribution in [-0.4, -0.2) is 28.5 Å². The van der Waals surface area contributed by atoms with Crippen molar-refractivity contribution in [1.82, 2.24) is 9.71 Å². The molecule has 0 saturated carbocycles. The molecule has 0 aliphatic carbocycles. The van der Waals surface area contributed by atoms with E-state index in [0.717, 1.165) is 9.90 Å². The fourth-order valence-corrected chi connectivity index (χ4v) is 2.69. The first-order valence-electron chi connectivity index (χ1n) is 4.35. The van der Waals surface area contributed by atoms with E-state index in [9.17, 15) is 9.59 Å². The number of hydrogen-bond donors (Lipinski definition) is 3. The average molecular weight is 261 g/mol. The molecule has 0 atom stereocenters. The largest absolute Gasteiger partial charge is 0.480 e. The minimum atomic E-state index is -0.920. The molecule has 3 N–H and O–H groups in total. The van der Waals surface area contributed by atoms with Crippen molar-refractivity contribution in [1.29, 1.82) is 0 Å². The van der Waals surface area contributed by atoms with Gasteiger partial charge in [0.05, 0.1) is 5.69 Å². The topological polar surface area (TPSA) is 91.3 Å². The van der Waals surface area contributed by atoms with Gasteiger partial charge < -0.3 is 10.4 Å². The highest BCUT2D eigenvalue weighted by molar-refractivity contribution is 7.99. The summed E-state index contributed by atoms with van der Waals surface area (Å²) in [5.41, 5.74) is 0.761. The third kappa shape index (κ3) is 4.17. The lowest BCUT2D eigenvalue weighted by molar-refractivity contribution is -0.135. The number of hydrogen-bond acceptors (Lipinski definition) is 6. The van der Waals surface area contributed by atoms with Gasteiger partial charge in [-0.25, -0.2) is 9.71 Å². The average Bonchev–Trinajstić information content (AvgIpc) is 2.45. The van der Waals surface area contributed by atoms with Crippen LogP contribution in [0.25, 0.3) is 0 Å². The van der Waals surface area contributed by atoms with Crippen molar-refractivity contribution in [3.8, 4) is 0 Å². The lowest BCUT2D eigenvalue weighted by atomic mass is 10.6. The Kier molecular flexibility index (Phi) is 4.71. The minimum Gasteiger partial charge on any atom is -0.480 e. The van der Waals surface area contributed by atoms with Crippen LogP contribution in [0.1, 0.15) is 12.6 Å². The predicted molar refractivity (Wildman–Crippen MR) is 62.7 cm³/mol. The minimum absolute atomic E-state index is 0.128. The van der Waals surface area contributed by atoms with Crippen LogP contribution in [0, 0.1) is 6.92 Å². The van der Waals surface area contributed by atoms with Gasteiger partial charge in [-0.1, -0.05) is 11.3 Å². The summed E-state index contributed by atoms with van der Waals surface area (Å²) in [5, 5.41) is 11.5. The van der Waals surface area contributed by atoms with Crippen LogP contribution in [0.2, 0.25) is 0 Å². The fraction of sp³-hybridized carbons (Fsp3) is 0.375. The van der Waals surface area contributed by atoms with Gasteiger partial charge in [-0.15, -0.1) is 0 Å². The number of carboxylic acid groups (broad SMARTS) is 1. The third-order valence-electron chi connectivity index (χ3n) is 1.43. The number of nitrogens with zero attached hydrogens (tertiary/aromatic N) is 1. The third-order valence-corrected chi connectivity index (χ3v) is 3.56. The van der Waals surface area contributed by atoms with Gasteiger partial charge in [0.25, 0.3) is 0 Å². The Hall–Kier alpha value is -1.12. The van der Waals surface area contributed by atoms with E-state index in [4.69, 9.17) is 5.11 Å². The normalized spacial score (nSPS) is 10.1. The van der Waals surface area contributed by atoms with Gasteiger partial charge >= 0.3 is 5.97 Å². The van der Waals surface area contributed by atoms with Gasteiger partial charge in [0.15, 0.2) is 5.13 Å². The zero-order valence-electron chi connectivity index (χ0n) is 8.73. The van der Waals surface area contributed by atoms with Crippen LogP contribution >= 0.6 is 23.3 Å². The molecule has 1 aromatic rings. The van der Waals surface area contributed by atoms with Crippen LogP contribution in [0.5, 0.6) is 0 Å². The number of aromatic nitrogens is 1. The van der Waals surface area contributed by atoms with Crippen molar-refractivity contribution in [2.45, 2.75) is 18.1 Å². The molecule has 1 aromatic heterocycles. The first-order valence-corrected chi connectivity index (χ1v) is 5.99. The molecule has 88 valence electrons. The smallest absolute Gasteiger partial charge is 0.318 e. The number of nitrogens with one attached hydrogen (secondary N) is 2. The van der Waals surface area contributed by atoms with E-state index in [1.54, 1.807) is 6.92 Å². The highest BCUT2D eigenvalue weighted by atomic mass is 32.2. The van der Waals surface area contributed by atoms with Crippen LogP contribution < -0.4 is 10.0 Å². The zero-order chi connectivity index (χ0) is 12.1. The van der Waals surface area contributed by atoms with Crippen LogP contribution in [0.3, 0.4) is 0 Å². The van der Waals surface area contributed by atoms with Crippen molar-refractivity contribution >= 4 is 40.3 Å². The monoisotopic (exact) mass is 261 g/mol. The molecular formula is C8H11N3O3S2. The van der Waals surface area contributed by atoms with Gasteiger partial charge in [0.2, 0.25) is 5.91 Å². The number of aryl methyl sites for hydroxylation is 1. The van der Waals surface area contributed by atoms with Crippen molar-refractivity contribution in [3.05, 3.63) is 5.69 Å². The Bertz CT molecular complexity index is 405. The van der Waals surface area contributed by atoms with E-state index < -0.39 is 5.97 Å². The molecule has 16 heavy (non-hydrogen) atoms. The van der Waals surface area contributed by atoms with E-state index in [-0.39, 0.29) is 12.5 Å². The summed E-state index contributed by atoms with van der Waals surface area (Å²) in [7, 11) is 0. The lowest BCUT2D eigenvalue weighted by Gasteiger charge is -1.97. The number of anilines is 1. The molecule has 1 amide bonds. The Morgan fingerprint density at radius 2 is 2.25 bits per heavy atom. The second-order valence-corrected chi connectivity index (χ2v) is 5.05. The lowest BCUT2D eigenvalue weighted by Crippen LogP contribution is -2.15. The summed E-state index contributed by atoms with van der Waals surface area (Å²) < 4.78 is 3.52. The molecule has 0 bridgehead atoms.